The van der Waals surface area contributed by atoms with E-state index in [-0.39, 0.29) is 0 Å². The SMILES string of the molecule is [B]c1sc(S(N)=O)cc1Br. The van der Waals surface area contributed by atoms with Crippen molar-refractivity contribution in [2.24, 2.45) is 5.14 Å². The minimum absolute atomic E-state index is 0.587. The summed E-state index contributed by atoms with van der Waals surface area (Å²) in [5.74, 6) is 0. The van der Waals surface area contributed by atoms with Gasteiger partial charge in [0.1, 0.15) is 23.0 Å². The number of halogens is 1. The first kappa shape index (κ1) is 8.45. The highest BCUT2D eigenvalue weighted by molar-refractivity contribution is 9.10. The van der Waals surface area contributed by atoms with Gasteiger partial charge in [0.05, 0.1) is 0 Å². The van der Waals surface area contributed by atoms with Crippen LogP contribution in [0.2, 0.25) is 0 Å². The van der Waals surface area contributed by atoms with E-state index in [0.717, 1.165) is 4.47 Å². The van der Waals surface area contributed by atoms with Crippen molar-refractivity contribution in [1.29, 1.82) is 0 Å². The molecule has 0 saturated heterocycles. The van der Waals surface area contributed by atoms with Crippen LogP contribution in [0.4, 0.5) is 0 Å². The van der Waals surface area contributed by atoms with Gasteiger partial charge < -0.3 is 0 Å². The zero-order valence-electron chi connectivity index (χ0n) is 4.83. The van der Waals surface area contributed by atoms with Crippen LogP contribution in [0.3, 0.4) is 0 Å². The van der Waals surface area contributed by atoms with E-state index in [4.69, 9.17) is 13.0 Å². The fraction of sp³-hybridized carbons (Fsp3) is 0. The Bertz CT molecular complexity index is 255. The molecule has 6 heteroatoms. The normalized spacial score (nSPS) is 13.4. The Hall–Kier alpha value is 0.355. The second-order valence-electron chi connectivity index (χ2n) is 1.58. The molecule has 1 aromatic heterocycles. The van der Waals surface area contributed by atoms with Crippen LogP contribution in [-0.4, -0.2) is 12.1 Å². The lowest BCUT2D eigenvalue weighted by Crippen LogP contribution is -1.99. The predicted molar refractivity (Wildman–Crippen MR) is 48.0 cm³/mol. The summed E-state index contributed by atoms with van der Waals surface area (Å²) in [6.45, 7) is 0. The molecule has 1 heterocycles. The summed E-state index contributed by atoms with van der Waals surface area (Å²) in [5, 5.41) is 5.10. The molecular formula is C4H3BBrNOS2. The molecule has 2 radical (unpaired) electrons. The maximum atomic E-state index is 10.6. The van der Waals surface area contributed by atoms with Crippen LogP contribution in [0, 0.1) is 0 Å². The van der Waals surface area contributed by atoms with E-state index in [9.17, 15) is 4.21 Å². The van der Waals surface area contributed by atoms with E-state index < -0.39 is 11.0 Å². The van der Waals surface area contributed by atoms with Crippen LogP contribution < -0.4 is 9.92 Å². The fourth-order valence-corrected chi connectivity index (χ4v) is 2.62. The van der Waals surface area contributed by atoms with Crippen LogP contribution in [0.15, 0.2) is 14.7 Å². The molecule has 10 heavy (non-hydrogen) atoms. The Morgan fingerprint density at radius 1 is 1.80 bits per heavy atom. The summed E-state index contributed by atoms with van der Waals surface area (Å²) in [6.07, 6.45) is 0. The first-order chi connectivity index (χ1) is 4.61. The van der Waals surface area contributed by atoms with Crippen molar-refractivity contribution in [3.63, 3.8) is 0 Å². The lowest BCUT2D eigenvalue weighted by Gasteiger charge is -1.82. The second kappa shape index (κ2) is 3.17. The molecule has 52 valence electrons. The van der Waals surface area contributed by atoms with Gasteiger partial charge in [0.2, 0.25) is 0 Å². The van der Waals surface area contributed by atoms with Gasteiger partial charge in [-0.25, -0.2) is 9.35 Å². The number of nitrogens with two attached hydrogens (primary N) is 1. The topological polar surface area (TPSA) is 43.1 Å². The van der Waals surface area contributed by atoms with Crippen molar-refractivity contribution in [3.8, 4) is 0 Å². The van der Waals surface area contributed by atoms with E-state index >= 15 is 0 Å². The van der Waals surface area contributed by atoms with Crippen LogP contribution >= 0.6 is 27.3 Å². The second-order valence-corrected chi connectivity index (χ2v) is 4.81. The zero-order valence-corrected chi connectivity index (χ0v) is 8.05. The summed E-state index contributed by atoms with van der Waals surface area (Å²) in [6, 6.07) is 1.66. The Morgan fingerprint density at radius 3 is 2.60 bits per heavy atom. The molecule has 0 fully saturated rings. The summed E-state index contributed by atoms with van der Waals surface area (Å²) in [4.78, 5) is 0. The number of hydrogen-bond donors (Lipinski definition) is 1. The molecule has 0 aliphatic carbocycles. The molecule has 0 aliphatic rings. The minimum atomic E-state index is -1.41. The first-order valence-electron chi connectivity index (χ1n) is 2.32. The quantitative estimate of drug-likeness (QED) is 0.699. The van der Waals surface area contributed by atoms with E-state index in [1.54, 1.807) is 6.07 Å². The van der Waals surface area contributed by atoms with Crippen molar-refractivity contribution >= 4 is 50.9 Å². The Labute approximate surface area is 74.9 Å². The van der Waals surface area contributed by atoms with Crippen LogP contribution in [-0.2, 0) is 11.0 Å². The van der Waals surface area contributed by atoms with Crippen molar-refractivity contribution in [2.75, 3.05) is 0 Å². The van der Waals surface area contributed by atoms with E-state index in [1.165, 1.54) is 11.3 Å². The fourth-order valence-electron chi connectivity index (χ4n) is 0.460. The van der Waals surface area contributed by atoms with Gasteiger partial charge in [0.15, 0.2) is 0 Å². The van der Waals surface area contributed by atoms with Crippen molar-refractivity contribution < 1.29 is 4.21 Å². The van der Waals surface area contributed by atoms with E-state index in [0.29, 0.717) is 8.99 Å². The van der Waals surface area contributed by atoms with Gasteiger partial charge in [-0.3, -0.25) is 0 Å². The number of thiophene rings is 1. The highest BCUT2D eigenvalue weighted by atomic mass is 79.9. The Kier molecular flexibility index (Phi) is 2.68. The molecule has 1 rings (SSSR count). The average Bonchev–Trinajstić information content (AvgIpc) is 2.13. The van der Waals surface area contributed by atoms with E-state index in [1.807, 2.05) is 0 Å². The molecule has 2 nitrogen and oxygen atoms in total. The highest BCUT2D eigenvalue weighted by Gasteiger charge is 2.04. The van der Waals surface area contributed by atoms with Gasteiger partial charge in [-0.2, -0.15) is 0 Å². The highest BCUT2D eigenvalue weighted by Crippen LogP contribution is 2.17. The molecule has 0 saturated carbocycles. The smallest absolute Gasteiger partial charge is 0.132 e. The molecule has 1 unspecified atom stereocenters. The Morgan fingerprint density at radius 2 is 2.40 bits per heavy atom. The zero-order chi connectivity index (χ0) is 7.72. The number of hydrogen-bond acceptors (Lipinski definition) is 2. The third-order valence-electron chi connectivity index (χ3n) is 0.889. The largest absolute Gasteiger partial charge is 0.247 e. The third kappa shape index (κ3) is 1.69. The molecule has 0 spiro atoms. The third-order valence-corrected chi connectivity index (χ3v) is 3.82. The van der Waals surface area contributed by atoms with Gasteiger partial charge in [-0.05, 0) is 10.8 Å². The minimum Gasteiger partial charge on any atom is -0.247 e. The molecule has 0 bridgehead atoms. The summed E-state index contributed by atoms with van der Waals surface area (Å²) in [7, 11) is 4.05. The summed E-state index contributed by atoms with van der Waals surface area (Å²) in [5.41, 5.74) is 0. The molecule has 1 atom stereocenters. The van der Waals surface area contributed by atoms with Gasteiger partial charge in [0, 0.05) is 4.47 Å². The molecule has 0 aromatic carbocycles. The van der Waals surface area contributed by atoms with Gasteiger partial charge in [0.25, 0.3) is 0 Å². The number of rotatable bonds is 1. The van der Waals surface area contributed by atoms with Gasteiger partial charge in [-0.15, -0.1) is 11.3 Å². The van der Waals surface area contributed by atoms with Crippen LogP contribution in [0.5, 0.6) is 0 Å². The molecular weight excluding hydrogens is 233 g/mol. The Balaban J connectivity index is 3.10. The van der Waals surface area contributed by atoms with Gasteiger partial charge in [-0.1, -0.05) is 15.9 Å². The van der Waals surface area contributed by atoms with Crippen LogP contribution in [0.25, 0.3) is 0 Å². The summed E-state index contributed by atoms with van der Waals surface area (Å²) < 4.78 is 12.6. The first-order valence-corrected chi connectivity index (χ1v) is 5.14. The van der Waals surface area contributed by atoms with Crippen molar-refractivity contribution in [1.82, 2.24) is 0 Å². The molecule has 1 aromatic rings. The van der Waals surface area contributed by atoms with Crippen molar-refractivity contribution in [3.05, 3.63) is 10.5 Å². The summed E-state index contributed by atoms with van der Waals surface area (Å²) >= 11 is 4.41. The predicted octanol–water partition coefficient (Wildman–Crippen LogP) is 0.286. The maximum Gasteiger partial charge on any atom is 0.132 e. The molecule has 0 aliphatic heterocycles. The van der Waals surface area contributed by atoms with Crippen molar-refractivity contribution in [2.45, 2.75) is 4.21 Å². The lowest BCUT2D eigenvalue weighted by molar-refractivity contribution is 0.685. The van der Waals surface area contributed by atoms with Crippen LogP contribution in [0.1, 0.15) is 0 Å². The van der Waals surface area contributed by atoms with Gasteiger partial charge >= 0.3 is 0 Å². The molecule has 2 N–H and O–H groups in total. The average molecular weight is 236 g/mol. The maximum absolute atomic E-state index is 10.6. The van der Waals surface area contributed by atoms with E-state index in [2.05, 4.69) is 15.9 Å². The standard InChI is InChI=1S/C4H3BBrNOS2/c5-4-2(6)1-3(9-4)10(7)8/h1H,7H2. The lowest BCUT2D eigenvalue weighted by atomic mass is 10.1. The molecule has 0 amide bonds. The monoisotopic (exact) mass is 235 g/mol.